The molecule has 0 aromatic heterocycles. The van der Waals surface area contributed by atoms with Gasteiger partial charge < -0.3 is 9.80 Å². The highest BCUT2D eigenvalue weighted by Gasteiger charge is 2.31. The monoisotopic (exact) mass is 294 g/mol. The first-order valence-corrected chi connectivity index (χ1v) is 9.39. The third-order valence-corrected chi connectivity index (χ3v) is 6.07. The predicted octanol–water partition coefficient (Wildman–Crippen LogP) is 4.40. The van der Waals surface area contributed by atoms with Crippen LogP contribution < -0.4 is 0 Å². The number of hydrogen-bond donors (Lipinski definition) is 0. The third-order valence-electron chi connectivity index (χ3n) is 6.07. The van der Waals surface area contributed by atoms with Crippen LogP contribution >= 0.6 is 0 Å². The summed E-state index contributed by atoms with van der Waals surface area (Å²) in [6, 6.07) is 2.58. The quantitative estimate of drug-likeness (QED) is 0.687. The minimum Gasteiger partial charge on any atom is -0.303 e. The van der Waals surface area contributed by atoms with E-state index in [1.54, 1.807) is 0 Å². The molecule has 0 amide bonds. The van der Waals surface area contributed by atoms with Gasteiger partial charge in [0.2, 0.25) is 0 Å². The second-order valence-corrected chi connectivity index (χ2v) is 8.37. The van der Waals surface area contributed by atoms with Gasteiger partial charge in [0.1, 0.15) is 0 Å². The van der Waals surface area contributed by atoms with Crippen LogP contribution in [0.25, 0.3) is 0 Å². The van der Waals surface area contributed by atoms with Crippen LogP contribution in [0.3, 0.4) is 0 Å². The molecule has 124 valence electrons. The maximum atomic E-state index is 2.71. The van der Waals surface area contributed by atoms with Gasteiger partial charge >= 0.3 is 0 Å². The molecular formula is C19H38N2. The smallest absolute Gasteiger partial charge is 0.00982 e. The van der Waals surface area contributed by atoms with Crippen LogP contribution in [0, 0.1) is 11.8 Å². The van der Waals surface area contributed by atoms with Gasteiger partial charge in [0.15, 0.2) is 0 Å². The van der Waals surface area contributed by atoms with E-state index >= 15 is 0 Å². The summed E-state index contributed by atoms with van der Waals surface area (Å²) in [6.07, 6.45) is 11.4. The van der Waals surface area contributed by atoms with Crippen molar-refractivity contribution in [1.82, 2.24) is 9.80 Å². The van der Waals surface area contributed by atoms with E-state index in [0.717, 1.165) is 30.0 Å². The lowest BCUT2D eigenvalue weighted by atomic mass is 9.93. The molecule has 21 heavy (non-hydrogen) atoms. The fourth-order valence-corrected chi connectivity index (χ4v) is 4.61. The Kier molecular flexibility index (Phi) is 6.55. The predicted molar refractivity (Wildman–Crippen MR) is 92.7 cm³/mol. The Hall–Kier alpha value is -0.0800. The van der Waals surface area contributed by atoms with E-state index in [1.165, 1.54) is 57.9 Å². The van der Waals surface area contributed by atoms with Crippen molar-refractivity contribution in [2.24, 2.45) is 11.8 Å². The molecule has 2 nitrogen and oxygen atoms in total. The number of hydrogen-bond acceptors (Lipinski definition) is 2. The van der Waals surface area contributed by atoms with Gasteiger partial charge in [0.25, 0.3) is 0 Å². The van der Waals surface area contributed by atoms with E-state index in [2.05, 4.69) is 44.7 Å². The molecule has 0 bridgehead atoms. The minimum absolute atomic E-state index is 0.839. The van der Waals surface area contributed by atoms with Crippen molar-refractivity contribution in [3.05, 3.63) is 0 Å². The topological polar surface area (TPSA) is 6.48 Å². The molecule has 4 unspecified atom stereocenters. The van der Waals surface area contributed by atoms with Crippen molar-refractivity contribution in [1.29, 1.82) is 0 Å². The van der Waals surface area contributed by atoms with Gasteiger partial charge in [-0.05, 0) is 83.8 Å². The van der Waals surface area contributed by atoms with Gasteiger partial charge in [-0.1, -0.05) is 20.8 Å². The van der Waals surface area contributed by atoms with Crippen LogP contribution in [0.15, 0.2) is 0 Å². The molecule has 2 aliphatic heterocycles. The SMILES string of the molecule is CC(C)CC1CCC(CC(C)CCC2CCCN2C)N1C. The van der Waals surface area contributed by atoms with Crippen LogP contribution in [-0.2, 0) is 0 Å². The summed E-state index contributed by atoms with van der Waals surface area (Å²) in [5.41, 5.74) is 0. The molecule has 0 radical (unpaired) electrons. The van der Waals surface area contributed by atoms with E-state index in [-0.39, 0.29) is 0 Å². The fourth-order valence-electron chi connectivity index (χ4n) is 4.61. The first-order valence-electron chi connectivity index (χ1n) is 9.39. The zero-order chi connectivity index (χ0) is 15.4. The molecule has 0 aromatic rings. The van der Waals surface area contributed by atoms with Crippen LogP contribution in [0.1, 0.15) is 72.1 Å². The average Bonchev–Trinajstić information content (AvgIpc) is 2.96. The lowest BCUT2D eigenvalue weighted by Crippen LogP contribution is -2.34. The second kappa shape index (κ2) is 7.97. The molecular weight excluding hydrogens is 256 g/mol. The molecule has 0 aliphatic carbocycles. The van der Waals surface area contributed by atoms with E-state index in [1.807, 2.05) is 0 Å². The largest absolute Gasteiger partial charge is 0.303 e. The van der Waals surface area contributed by atoms with Crippen LogP contribution in [0.4, 0.5) is 0 Å². The van der Waals surface area contributed by atoms with Crippen molar-refractivity contribution >= 4 is 0 Å². The molecule has 2 saturated heterocycles. The lowest BCUT2D eigenvalue weighted by Gasteiger charge is -2.29. The Balaban J connectivity index is 1.69. The van der Waals surface area contributed by atoms with Crippen molar-refractivity contribution in [3.63, 3.8) is 0 Å². The van der Waals surface area contributed by atoms with Crippen LogP contribution in [-0.4, -0.2) is 48.6 Å². The average molecular weight is 295 g/mol. The Bertz CT molecular complexity index is 302. The number of likely N-dealkylation sites (tertiary alicyclic amines) is 2. The van der Waals surface area contributed by atoms with Crippen molar-refractivity contribution in [2.75, 3.05) is 20.6 Å². The van der Waals surface area contributed by atoms with Gasteiger partial charge in [0.05, 0.1) is 0 Å². The van der Waals surface area contributed by atoms with E-state index in [0.29, 0.717) is 0 Å². The summed E-state index contributed by atoms with van der Waals surface area (Å²) in [4.78, 5) is 5.28. The van der Waals surface area contributed by atoms with Crippen LogP contribution in [0.5, 0.6) is 0 Å². The maximum Gasteiger partial charge on any atom is 0.00982 e. The molecule has 0 spiro atoms. The first-order chi connectivity index (χ1) is 9.97. The van der Waals surface area contributed by atoms with Crippen LogP contribution in [0.2, 0.25) is 0 Å². The molecule has 0 saturated carbocycles. The normalized spacial score (nSPS) is 33.1. The van der Waals surface area contributed by atoms with Gasteiger partial charge in [0, 0.05) is 18.1 Å². The van der Waals surface area contributed by atoms with E-state index < -0.39 is 0 Å². The van der Waals surface area contributed by atoms with Crippen molar-refractivity contribution in [3.8, 4) is 0 Å². The van der Waals surface area contributed by atoms with E-state index in [4.69, 9.17) is 0 Å². The molecule has 2 heterocycles. The standard InChI is InChI=1S/C19H38N2/c1-15(2)13-18-10-11-19(21(18)5)14-16(3)8-9-17-7-6-12-20(17)4/h15-19H,6-14H2,1-5H3. The minimum atomic E-state index is 0.839. The number of rotatable bonds is 7. The fraction of sp³-hybridized carbons (Fsp3) is 1.00. The summed E-state index contributed by atoms with van der Waals surface area (Å²) >= 11 is 0. The summed E-state index contributed by atoms with van der Waals surface area (Å²) in [6.45, 7) is 8.53. The highest BCUT2D eigenvalue weighted by molar-refractivity contribution is 4.87. The van der Waals surface area contributed by atoms with Gasteiger partial charge in [-0.15, -0.1) is 0 Å². The second-order valence-electron chi connectivity index (χ2n) is 8.37. The first kappa shape index (κ1) is 17.3. The van der Waals surface area contributed by atoms with Gasteiger partial charge in [-0.3, -0.25) is 0 Å². The Labute approximate surface area is 133 Å². The highest BCUT2D eigenvalue weighted by atomic mass is 15.2. The van der Waals surface area contributed by atoms with Gasteiger partial charge in [-0.2, -0.15) is 0 Å². The van der Waals surface area contributed by atoms with Crippen molar-refractivity contribution < 1.29 is 0 Å². The molecule has 0 aromatic carbocycles. The zero-order valence-corrected chi connectivity index (χ0v) is 15.1. The van der Waals surface area contributed by atoms with Gasteiger partial charge in [-0.25, -0.2) is 0 Å². The third kappa shape index (κ3) is 4.96. The summed E-state index contributed by atoms with van der Waals surface area (Å²) < 4.78 is 0. The molecule has 2 aliphatic rings. The Morgan fingerprint density at radius 3 is 2.14 bits per heavy atom. The molecule has 2 fully saturated rings. The molecule has 2 rings (SSSR count). The summed E-state index contributed by atoms with van der Waals surface area (Å²) in [5, 5.41) is 0. The highest BCUT2D eigenvalue weighted by Crippen LogP contribution is 2.32. The number of nitrogens with zero attached hydrogens (tertiary/aromatic N) is 2. The Morgan fingerprint density at radius 2 is 1.57 bits per heavy atom. The Morgan fingerprint density at radius 1 is 0.905 bits per heavy atom. The maximum absolute atomic E-state index is 2.71. The summed E-state index contributed by atoms with van der Waals surface area (Å²) in [7, 11) is 4.69. The lowest BCUT2D eigenvalue weighted by molar-refractivity contribution is 0.188. The molecule has 0 N–H and O–H groups in total. The summed E-state index contributed by atoms with van der Waals surface area (Å²) in [5.74, 6) is 1.73. The molecule has 2 heteroatoms. The zero-order valence-electron chi connectivity index (χ0n) is 15.1. The van der Waals surface area contributed by atoms with Crippen molar-refractivity contribution in [2.45, 2.75) is 90.3 Å². The molecule has 4 atom stereocenters. The van der Waals surface area contributed by atoms with E-state index in [9.17, 15) is 0 Å².